The normalized spacial score (nSPS) is 15.7. The summed E-state index contributed by atoms with van der Waals surface area (Å²) >= 11 is 6.24. The predicted molar refractivity (Wildman–Crippen MR) is 139 cm³/mol. The van der Waals surface area contributed by atoms with E-state index in [2.05, 4.69) is 41.8 Å². The maximum atomic E-state index is 13.2. The number of hydrogen-bond donors (Lipinski definition) is 0. The molecule has 34 heavy (non-hydrogen) atoms. The van der Waals surface area contributed by atoms with Gasteiger partial charge in [0.25, 0.3) is 0 Å². The molecule has 0 N–H and O–H groups in total. The topological polar surface area (TPSA) is 42.3 Å². The molecule has 0 saturated carbocycles. The molecule has 4 nitrogen and oxygen atoms in total. The van der Waals surface area contributed by atoms with Gasteiger partial charge >= 0.3 is 0 Å². The third kappa shape index (κ3) is 4.28. The Morgan fingerprint density at radius 1 is 0.912 bits per heavy atom. The summed E-state index contributed by atoms with van der Waals surface area (Å²) in [6.45, 7) is 5.98. The molecule has 1 aliphatic heterocycles. The molecular formula is C28H29ClN2O2S. The lowest BCUT2D eigenvalue weighted by Crippen LogP contribution is -2.38. The Kier molecular flexibility index (Phi) is 6.28. The molecule has 2 heterocycles. The zero-order valence-electron chi connectivity index (χ0n) is 19.5. The minimum absolute atomic E-state index is 0.329. The molecule has 176 valence electrons. The van der Waals surface area contributed by atoms with Crippen LogP contribution >= 0.6 is 11.6 Å². The van der Waals surface area contributed by atoms with Crippen molar-refractivity contribution in [2.75, 3.05) is 13.1 Å². The summed E-state index contributed by atoms with van der Waals surface area (Å²) in [5.41, 5.74) is 6.04. The van der Waals surface area contributed by atoms with Crippen LogP contribution in [0.1, 0.15) is 41.1 Å². The van der Waals surface area contributed by atoms with Gasteiger partial charge < -0.3 is 4.57 Å². The third-order valence-corrected chi connectivity index (χ3v) is 9.18. The molecule has 0 radical (unpaired) electrons. The second-order valence-corrected chi connectivity index (χ2v) is 11.6. The van der Waals surface area contributed by atoms with E-state index in [4.69, 9.17) is 11.6 Å². The summed E-state index contributed by atoms with van der Waals surface area (Å²) in [7, 11) is -3.46. The van der Waals surface area contributed by atoms with Crippen LogP contribution in [-0.4, -0.2) is 30.4 Å². The van der Waals surface area contributed by atoms with Crippen LogP contribution in [0.25, 0.3) is 10.9 Å². The Labute approximate surface area is 206 Å². The molecule has 4 aromatic rings. The van der Waals surface area contributed by atoms with Gasteiger partial charge in [-0.05, 0) is 74.1 Å². The first-order valence-electron chi connectivity index (χ1n) is 11.7. The Bertz CT molecular complexity index is 1430. The SMILES string of the molecule is Cc1ccc(S(=O)(=O)N2CCC(c3c(C)n(Cc4cccc(Cl)c4)c4ccccc34)CC2)cc1. The van der Waals surface area contributed by atoms with Crippen molar-refractivity contribution in [2.24, 2.45) is 0 Å². The van der Waals surface area contributed by atoms with E-state index in [0.717, 1.165) is 30.0 Å². The highest BCUT2D eigenvalue weighted by molar-refractivity contribution is 7.89. The van der Waals surface area contributed by atoms with Gasteiger partial charge in [-0.15, -0.1) is 0 Å². The quantitative estimate of drug-likeness (QED) is 0.318. The number of nitrogens with zero attached hydrogens (tertiary/aromatic N) is 2. The van der Waals surface area contributed by atoms with Gasteiger partial charge in [0.05, 0.1) is 4.90 Å². The van der Waals surface area contributed by atoms with Gasteiger partial charge in [0.15, 0.2) is 0 Å². The third-order valence-electron chi connectivity index (χ3n) is 7.03. The van der Waals surface area contributed by atoms with Crippen molar-refractivity contribution in [1.82, 2.24) is 8.87 Å². The molecule has 5 rings (SSSR count). The molecule has 3 aromatic carbocycles. The van der Waals surface area contributed by atoms with Crippen LogP contribution in [0.4, 0.5) is 0 Å². The smallest absolute Gasteiger partial charge is 0.243 e. The van der Waals surface area contributed by atoms with Crippen molar-refractivity contribution >= 4 is 32.5 Å². The number of hydrogen-bond acceptors (Lipinski definition) is 2. The zero-order chi connectivity index (χ0) is 23.9. The number of aryl methyl sites for hydroxylation is 1. The van der Waals surface area contributed by atoms with Gasteiger partial charge in [0.2, 0.25) is 10.0 Å². The van der Waals surface area contributed by atoms with Crippen LogP contribution in [0.3, 0.4) is 0 Å². The number of halogens is 1. The van der Waals surface area contributed by atoms with Gasteiger partial charge in [-0.2, -0.15) is 4.31 Å². The fourth-order valence-corrected chi connectivity index (χ4v) is 6.92. The highest BCUT2D eigenvalue weighted by Crippen LogP contribution is 2.38. The van der Waals surface area contributed by atoms with Crippen molar-refractivity contribution < 1.29 is 8.42 Å². The van der Waals surface area contributed by atoms with Gasteiger partial charge in [-0.3, -0.25) is 0 Å². The van der Waals surface area contributed by atoms with Crippen molar-refractivity contribution in [1.29, 1.82) is 0 Å². The zero-order valence-corrected chi connectivity index (χ0v) is 21.1. The van der Waals surface area contributed by atoms with E-state index in [9.17, 15) is 8.42 Å². The highest BCUT2D eigenvalue weighted by atomic mass is 35.5. The van der Waals surface area contributed by atoms with E-state index in [1.54, 1.807) is 16.4 Å². The Morgan fingerprint density at radius 3 is 2.32 bits per heavy atom. The van der Waals surface area contributed by atoms with E-state index in [0.29, 0.717) is 23.9 Å². The van der Waals surface area contributed by atoms with Gasteiger partial charge in [-0.25, -0.2) is 8.42 Å². The average Bonchev–Trinajstić information content (AvgIpc) is 3.11. The lowest BCUT2D eigenvalue weighted by atomic mass is 9.88. The largest absolute Gasteiger partial charge is 0.340 e. The van der Waals surface area contributed by atoms with Crippen molar-refractivity contribution in [3.05, 3.63) is 100 Å². The Balaban J connectivity index is 1.42. The fourth-order valence-electron chi connectivity index (χ4n) is 5.24. The molecule has 1 fully saturated rings. The van der Waals surface area contributed by atoms with E-state index in [1.165, 1.54) is 27.7 Å². The Hall–Kier alpha value is -2.60. The van der Waals surface area contributed by atoms with E-state index >= 15 is 0 Å². The minimum Gasteiger partial charge on any atom is -0.340 e. The summed E-state index contributed by atoms with van der Waals surface area (Å²) in [6, 6.07) is 23.7. The second-order valence-electron chi connectivity index (χ2n) is 9.22. The van der Waals surface area contributed by atoms with Crippen LogP contribution in [0.5, 0.6) is 0 Å². The lowest BCUT2D eigenvalue weighted by molar-refractivity contribution is 0.319. The number of fused-ring (bicyclic) bond motifs is 1. The van der Waals surface area contributed by atoms with Crippen LogP contribution in [-0.2, 0) is 16.6 Å². The average molecular weight is 493 g/mol. The first kappa shape index (κ1) is 23.2. The molecule has 0 spiro atoms. The maximum Gasteiger partial charge on any atom is 0.243 e. The molecule has 0 amide bonds. The predicted octanol–water partition coefficient (Wildman–Crippen LogP) is 6.53. The molecule has 0 unspecified atom stereocenters. The van der Waals surface area contributed by atoms with E-state index < -0.39 is 10.0 Å². The van der Waals surface area contributed by atoms with Crippen molar-refractivity contribution in [3.63, 3.8) is 0 Å². The standard InChI is InChI=1S/C28H29ClN2O2S/c1-20-10-12-25(13-11-20)34(32,33)30-16-14-23(15-17-30)28-21(2)31(27-9-4-3-8-26(27)28)19-22-6-5-7-24(29)18-22/h3-13,18,23H,14-17,19H2,1-2H3. The number of benzene rings is 3. The summed E-state index contributed by atoms with van der Waals surface area (Å²) in [4.78, 5) is 0.380. The first-order valence-corrected chi connectivity index (χ1v) is 13.6. The van der Waals surface area contributed by atoms with Crippen molar-refractivity contribution in [3.8, 4) is 0 Å². The molecule has 1 aliphatic rings. The van der Waals surface area contributed by atoms with Crippen LogP contribution in [0, 0.1) is 13.8 Å². The summed E-state index contributed by atoms with van der Waals surface area (Å²) in [5.74, 6) is 0.329. The molecule has 0 atom stereocenters. The molecule has 1 aromatic heterocycles. The number of para-hydroxylation sites is 1. The molecule has 1 saturated heterocycles. The van der Waals surface area contributed by atoms with Crippen LogP contribution in [0.15, 0.2) is 77.7 Å². The summed E-state index contributed by atoms with van der Waals surface area (Å²) < 4.78 is 30.3. The summed E-state index contributed by atoms with van der Waals surface area (Å²) in [6.07, 6.45) is 1.63. The number of sulfonamides is 1. The molecule has 6 heteroatoms. The summed E-state index contributed by atoms with van der Waals surface area (Å²) in [5, 5.41) is 2.01. The van der Waals surface area contributed by atoms with Gasteiger partial charge in [-0.1, -0.05) is 59.6 Å². The van der Waals surface area contributed by atoms with Gasteiger partial charge in [0.1, 0.15) is 0 Å². The molecule has 0 aliphatic carbocycles. The van der Waals surface area contributed by atoms with Crippen molar-refractivity contribution in [2.45, 2.75) is 44.0 Å². The van der Waals surface area contributed by atoms with Gasteiger partial charge in [0, 0.05) is 41.3 Å². The van der Waals surface area contributed by atoms with Crippen LogP contribution in [0.2, 0.25) is 5.02 Å². The monoisotopic (exact) mass is 492 g/mol. The van der Waals surface area contributed by atoms with E-state index in [-0.39, 0.29) is 0 Å². The van der Waals surface area contributed by atoms with Crippen LogP contribution < -0.4 is 0 Å². The lowest BCUT2D eigenvalue weighted by Gasteiger charge is -2.31. The Morgan fingerprint density at radius 2 is 1.62 bits per heavy atom. The maximum absolute atomic E-state index is 13.2. The highest BCUT2D eigenvalue weighted by Gasteiger charge is 2.32. The van der Waals surface area contributed by atoms with E-state index in [1.807, 2.05) is 37.3 Å². The fraction of sp³-hybridized carbons (Fsp3) is 0.286. The molecule has 0 bridgehead atoms. The first-order chi connectivity index (χ1) is 16.3. The minimum atomic E-state index is -3.46. The second kappa shape index (κ2) is 9.21. The number of piperidine rings is 1. The molecular weight excluding hydrogens is 464 g/mol. The number of rotatable bonds is 5. The number of aromatic nitrogens is 1.